The molecule has 3 nitrogen and oxygen atoms in total. The quantitative estimate of drug-likeness (QED) is 0.472. The van der Waals surface area contributed by atoms with E-state index in [4.69, 9.17) is 5.73 Å². The molecule has 1 atom stereocenters. The first-order valence-electron chi connectivity index (χ1n) is 6.33. The van der Waals surface area contributed by atoms with Gasteiger partial charge in [0.2, 0.25) is 0 Å². The maximum absolute atomic E-state index is 5.79. The molecule has 3 N–H and O–H groups in total. The zero-order chi connectivity index (χ0) is 13.4. The number of nitrogens with one attached hydrogen (secondary N) is 1. The Morgan fingerprint density at radius 3 is 2.56 bits per heavy atom. The molecule has 4 heteroatoms. The molecule has 0 aliphatic heterocycles. The van der Waals surface area contributed by atoms with Gasteiger partial charge in [-0.3, -0.25) is 4.99 Å². The Hall–Kier alpha value is -1.16. The summed E-state index contributed by atoms with van der Waals surface area (Å²) in [7, 11) is 0. The maximum Gasteiger partial charge on any atom is 0.188 e. The van der Waals surface area contributed by atoms with Gasteiger partial charge in [0, 0.05) is 23.2 Å². The van der Waals surface area contributed by atoms with Crippen molar-refractivity contribution in [3.8, 4) is 0 Å². The molecule has 0 saturated carbocycles. The van der Waals surface area contributed by atoms with Crippen LogP contribution in [-0.2, 0) is 0 Å². The molecule has 0 aliphatic rings. The Balaban J connectivity index is 2.29. The normalized spacial score (nSPS) is 13.7. The van der Waals surface area contributed by atoms with Gasteiger partial charge < -0.3 is 11.1 Å². The minimum absolute atomic E-state index is 0.459. The topological polar surface area (TPSA) is 50.4 Å². The van der Waals surface area contributed by atoms with Gasteiger partial charge in [0.1, 0.15) is 0 Å². The van der Waals surface area contributed by atoms with Gasteiger partial charge in [-0.05, 0) is 18.1 Å². The largest absolute Gasteiger partial charge is 0.370 e. The molecule has 1 aromatic carbocycles. The second kappa shape index (κ2) is 8.03. The summed E-state index contributed by atoms with van der Waals surface area (Å²) in [5, 5.41) is 3.62. The van der Waals surface area contributed by atoms with Crippen LogP contribution in [0, 0.1) is 5.92 Å². The highest BCUT2D eigenvalue weighted by Gasteiger charge is 2.04. The van der Waals surface area contributed by atoms with E-state index in [2.05, 4.69) is 55.3 Å². The van der Waals surface area contributed by atoms with Crippen molar-refractivity contribution < 1.29 is 0 Å². The Morgan fingerprint density at radius 2 is 1.94 bits per heavy atom. The van der Waals surface area contributed by atoms with Gasteiger partial charge in [0.15, 0.2) is 5.96 Å². The molecule has 1 aromatic rings. The van der Waals surface area contributed by atoms with E-state index >= 15 is 0 Å². The minimum atomic E-state index is 0.459. The van der Waals surface area contributed by atoms with Crippen molar-refractivity contribution in [2.75, 3.05) is 13.1 Å². The highest BCUT2D eigenvalue weighted by Crippen LogP contribution is 2.21. The Kier molecular flexibility index (Phi) is 6.65. The average Bonchev–Trinajstić information content (AvgIpc) is 2.35. The zero-order valence-corrected chi connectivity index (χ0v) is 12.2. The summed E-state index contributed by atoms with van der Waals surface area (Å²) < 4.78 is 0. The van der Waals surface area contributed by atoms with Crippen molar-refractivity contribution in [1.82, 2.24) is 5.32 Å². The molecule has 100 valence electrons. The van der Waals surface area contributed by atoms with Crippen LogP contribution < -0.4 is 11.1 Å². The Morgan fingerprint density at radius 1 is 1.28 bits per heavy atom. The number of nitrogens with two attached hydrogens (primary N) is 1. The molecule has 1 rings (SSSR count). The number of guanidine groups is 1. The number of thioether (sulfide) groups is 1. The van der Waals surface area contributed by atoms with Crippen LogP contribution in [0.5, 0.6) is 0 Å². The van der Waals surface area contributed by atoms with Gasteiger partial charge in [-0.15, -0.1) is 11.8 Å². The summed E-state index contributed by atoms with van der Waals surface area (Å²) in [6, 6.07) is 10.4. The second-order valence-corrected chi connectivity index (χ2v) is 6.25. The molecule has 0 spiro atoms. The predicted molar refractivity (Wildman–Crippen MR) is 81.1 cm³/mol. The first-order valence-corrected chi connectivity index (χ1v) is 7.21. The third kappa shape index (κ3) is 6.55. The number of hydrogen-bond acceptors (Lipinski definition) is 2. The van der Waals surface area contributed by atoms with Crippen LogP contribution in [0.15, 0.2) is 40.2 Å². The minimum Gasteiger partial charge on any atom is -0.370 e. The second-order valence-electron chi connectivity index (χ2n) is 4.74. The molecule has 1 unspecified atom stereocenters. The van der Waals surface area contributed by atoms with Crippen molar-refractivity contribution in [2.45, 2.75) is 30.9 Å². The number of rotatable bonds is 6. The molecule has 0 heterocycles. The molecule has 0 aromatic heterocycles. The summed E-state index contributed by atoms with van der Waals surface area (Å²) in [6.07, 6.45) is 0. The van der Waals surface area contributed by atoms with Gasteiger partial charge in [0.25, 0.3) is 0 Å². The first kappa shape index (κ1) is 14.9. The van der Waals surface area contributed by atoms with Crippen molar-refractivity contribution in [3.05, 3.63) is 30.3 Å². The van der Waals surface area contributed by atoms with Crippen molar-refractivity contribution in [3.63, 3.8) is 0 Å². The summed E-state index contributed by atoms with van der Waals surface area (Å²) in [4.78, 5) is 5.56. The van der Waals surface area contributed by atoms with Crippen LogP contribution in [0.1, 0.15) is 20.8 Å². The van der Waals surface area contributed by atoms with E-state index in [-0.39, 0.29) is 0 Å². The Labute approximate surface area is 114 Å². The van der Waals surface area contributed by atoms with Gasteiger partial charge in [0.05, 0.1) is 0 Å². The fraction of sp³-hybridized carbons (Fsp3) is 0.500. The van der Waals surface area contributed by atoms with Crippen molar-refractivity contribution in [2.24, 2.45) is 16.6 Å². The lowest BCUT2D eigenvalue weighted by molar-refractivity contribution is 0.661. The van der Waals surface area contributed by atoms with E-state index in [1.165, 1.54) is 4.90 Å². The smallest absolute Gasteiger partial charge is 0.188 e. The van der Waals surface area contributed by atoms with Crippen LogP contribution in [-0.4, -0.2) is 24.3 Å². The highest BCUT2D eigenvalue weighted by molar-refractivity contribution is 8.00. The molecule has 0 fully saturated rings. The summed E-state index contributed by atoms with van der Waals surface area (Å²) in [6.45, 7) is 8.04. The molecule has 0 saturated heterocycles. The van der Waals surface area contributed by atoms with E-state index in [0.717, 1.165) is 13.1 Å². The lowest BCUT2D eigenvalue weighted by atomic mass is 10.2. The van der Waals surface area contributed by atoms with Crippen LogP contribution >= 0.6 is 11.8 Å². The summed E-state index contributed by atoms with van der Waals surface area (Å²) in [5.41, 5.74) is 5.79. The maximum atomic E-state index is 5.79. The van der Waals surface area contributed by atoms with Gasteiger partial charge >= 0.3 is 0 Å². The third-order valence-corrected chi connectivity index (χ3v) is 3.39. The number of nitrogens with zero attached hydrogens (tertiary/aromatic N) is 1. The number of hydrogen-bond donors (Lipinski definition) is 2. The monoisotopic (exact) mass is 265 g/mol. The molecular weight excluding hydrogens is 242 g/mol. The van der Waals surface area contributed by atoms with Crippen LogP contribution in [0.2, 0.25) is 0 Å². The molecule has 0 aliphatic carbocycles. The average molecular weight is 265 g/mol. The molecule has 18 heavy (non-hydrogen) atoms. The van der Waals surface area contributed by atoms with Crippen molar-refractivity contribution in [1.29, 1.82) is 0 Å². The van der Waals surface area contributed by atoms with Crippen LogP contribution in [0.4, 0.5) is 0 Å². The van der Waals surface area contributed by atoms with Crippen molar-refractivity contribution >= 4 is 17.7 Å². The molecule has 0 bridgehead atoms. The Bertz CT molecular complexity index is 363. The van der Waals surface area contributed by atoms with Gasteiger partial charge in [-0.25, -0.2) is 0 Å². The van der Waals surface area contributed by atoms with E-state index in [1.54, 1.807) is 0 Å². The SMILES string of the molecule is CC(C)CN=C(N)NCC(C)Sc1ccccc1. The van der Waals surface area contributed by atoms with Gasteiger partial charge in [-0.1, -0.05) is 39.0 Å². The summed E-state index contributed by atoms with van der Waals surface area (Å²) >= 11 is 1.84. The predicted octanol–water partition coefficient (Wildman–Crippen LogP) is 2.73. The van der Waals surface area contributed by atoms with E-state index in [1.807, 2.05) is 17.8 Å². The lowest BCUT2D eigenvalue weighted by Gasteiger charge is -2.13. The fourth-order valence-corrected chi connectivity index (χ4v) is 2.30. The third-order valence-electron chi connectivity index (χ3n) is 2.28. The molecule has 0 radical (unpaired) electrons. The zero-order valence-electron chi connectivity index (χ0n) is 11.4. The van der Waals surface area contributed by atoms with E-state index in [9.17, 15) is 0 Å². The molecular formula is C14H23N3S. The lowest BCUT2D eigenvalue weighted by Crippen LogP contribution is -2.36. The molecule has 0 amide bonds. The highest BCUT2D eigenvalue weighted by atomic mass is 32.2. The first-order chi connectivity index (χ1) is 8.58. The van der Waals surface area contributed by atoms with Crippen LogP contribution in [0.25, 0.3) is 0 Å². The fourth-order valence-electron chi connectivity index (χ4n) is 1.36. The van der Waals surface area contributed by atoms with E-state index in [0.29, 0.717) is 17.1 Å². The summed E-state index contributed by atoms with van der Waals surface area (Å²) in [5.74, 6) is 1.09. The standard InChI is InChI=1S/C14H23N3S/c1-11(2)9-16-14(15)17-10-12(3)18-13-7-5-4-6-8-13/h4-8,11-12H,9-10H2,1-3H3,(H3,15,16,17). The van der Waals surface area contributed by atoms with Gasteiger partial charge in [-0.2, -0.15) is 0 Å². The van der Waals surface area contributed by atoms with Crippen LogP contribution in [0.3, 0.4) is 0 Å². The van der Waals surface area contributed by atoms with E-state index < -0.39 is 0 Å². The number of aliphatic imine (C=N–C) groups is 1. The number of benzene rings is 1.